The number of nitrogens with zero attached hydrogens (tertiary/aromatic N) is 1. The number of likely N-dealkylation sites (tertiary alicyclic amines) is 1. The molecule has 0 unspecified atom stereocenters. The minimum absolute atomic E-state index is 0.0270. The summed E-state index contributed by atoms with van der Waals surface area (Å²) >= 11 is 0. The van der Waals surface area contributed by atoms with Crippen LogP contribution in [-0.4, -0.2) is 41.5 Å². The molecule has 1 rings (SSSR count). The summed E-state index contributed by atoms with van der Waals surface area (Å²) in [7, 11) is 0. The summed E-state index contributed by atoms with van der Waals surface area (Å²) < 4.78 is 5.17. The van der Waals surface area contributed by atoms with Gasteiger partial charge in [-0.3, -0.25) is 10.2 Å². The quantitative estimate of drug-likeness (QED) is 0.341. The molecule has 96 valence electrons. The van der Waals surface area contributed by atoms with E-state index in [1.807, 2.05) is 6.92 Å². The Bertz CT molecular complexity index is 314. The van der Waals surface area contributed by atoms with Crippen molar-refractivity contribution in [1.82, 2.24) is 4.90 Å². The fourth-order valence-corrected chi connectivity index (χ4v) is 1.91. The highest BCUT2D eigenvalue weighted by molar-refractivity contribution is 5.88. The van der Waals surface area contributed by atoms with Gasteiger partial charge in [-0.15, -0.1) is 0 Å². The molecule has 0 saturated carbocycles. The summed E-state index contributed by atoms with van der Waals surface area (Å²) in [4.78, 5) is 13.3. The standard InChI is InChI=1S/C12H20N2O3/c1-3-17-12(13)10-4-6-14(7-5-10)11(16)8-9(2)15/h8,10,13,15H,3-7H2,1-2H3. The molecule has 2 N–H and O–H groups in total. The molecule has 1 heterocycles. The normalized spacial score (nSPS) is 18.0. The van der Waals surface area contributed by atoms with E-state index in [0.29, 0.717) is 25.6 Å². The number of aliphatic hydroxyl groups is 1. The van der Waals surface area contributed by atoms with Crippen molar-refractivity contribution in [2.45, 2.75) is 26.7 Å². The second kappa shape index (κ2) is 6.27. The first kappa shape index (κ1) is 13.5. The second-order valence-corrected chi connectivity index (χ2v) is 4.18. The Labute approximate surface area is 102 Å². The molecule has 0 aromatic carbocycles. The summed E-state index contributed by atoms with van der Waals surface area (Å²) in [5.41, 5.74) is 0. The molecule has 5 nitrogen and oxygen atoms in total. The van der Waals surface area contributed by atoms with Gasteiger partial charge in [0.2, 0.25) is 5.91 Å². The van der Waals surface area contributed by atoms with E-state index < -0.39 is 0 Å². The van der Waals surface area contributed by atoms with Crippen LogP contribution in [0.2, 0.25) is 0 Å². The molecule has 17 heavy (non-hydrogen) atoms. The fourth-order valence-electron chi connectivity index (χ4n) is 1.91. The van der Waals surface area contributed by atoms with E-state index in [-0.39, 0.29) is 17.6 Å². The number of amides is 1. The summed E-state index contributed by atoms with van der Waals surface area (Å²) in [5.74, 6) is 0.317. The van der Waals surface area contributed by atoms with Crippen LogP contribution in [0.3, 0.4) is 0 Å². The van der Waals surface area contributed by atoms with E-state index in [9.17, 15) is 4.79 Å². The molecule has 0 radical (unpaired) electrons. The third-order valence-corrected chi connectivity index (χ3v) is 2.81. The topological polar surface area (TPSA) is 73.6 Å². The van der Waals surface area contributed by atoms with E-state index in [0.717, 1.165) is 12.8 Å². The number of carbonyl (C=O) groups is 1. The molecular formula is C12H20N2O3. The fraction of sp³-hybridized carbons (Fsp3) is 0.667. The van der Waals surface area contributed by atoms with Crippen LogP contribution in [-0.2, 0) is 9.53 Å². The Morgan fingerprint density at radius 3 is 2.59 bits per heavy atom. The van der Waals surface area contributed by atoms with Crippen LogP contribution in [0, 0.1) is 11.3 Å². The van der Waals surface area contributed by atoms with E-state index in [4.69, 9.17) is 15.3 Å². The largest absolute Gasteiger partial charge is 0.512 e. The lowest BCUT2D eigenvalue weighted by molar-refractivity contribution is -0.127. The number of allylic oxidation sites excluding steroid dienone is 1. The summed E-state index contributed by atoms with van der Waals surface area (Å²) in [5, 5.41) is 16.7. The highest BCUT2D eigenvalue weighted by Gasteiger charge is 2.25. The first-order valence-corrected chi connectivity index (χ1v) is 5.92. The number of nitrogens with one attached hydrogen (secondary N) is 1. The van der Waals surface area contributed by atoms with Gasteiger partial charge in [0, 0.05) is 25.1 Å². The Kier molecular flexibility index (Phi) is 5.00. The lowest BCUT2D eigenvalue weighted by Crippen LogP contribution is -2.39. The monoisotopic (exact) mass is 240 g/mol. The number of ether oxygens (including phenoxy) is 1. The highest BCUT2D eigenvalue weighted by atomic mass is 16.5. The Balaban J connectivity index is 2.43. The summed E-state index contributed by atoms with van der Waals surface area (Å²) in [6, 6.07) is 0. The molecule has 1 fully saturated rings. The van der Waals surface area contributed by atoms with Gasteiger partial charge in [0.25, 0.3) is 0 Å². The van der Waals surface area contributed by atoms with Gasteiger partial charge in [0.05, 0.1) is 12.4 Å². The second-order valence-electron chi connectivity index (χ2n) is 4.18. The highest BCUT2D eigenvalue weighted by Crippen LogP contribution is 2.19. The molecule has 1 aliphatic heterocycles. The van der Waals surface area contributed by atoms with E-state index >= 15 is 0 Å². The predicted octanol–water partition coefficient (Wildman–Crippen LogP) is 1.70. The van der Waals surface area contributed by atoms with Gasteiger partial charge >= 0.3 is 0 Å². The number of hydrogen-bond donors (Lipinski definition) is 2. The summed E-state index contributed by atoms with van der Waals surface area (Å²) in [6.45, 7) is 5.09. The summed E-state index contributed by atoms with van der Waals surface area (Å²) in [6.07, 6.45) is 2.74. The maximum atomic E-state index is 11.6. The van der Waals surface area contributed by atoms with Crippen LogP contribution in [0.5, 0.6) is 0 Å². The van der Waals surface area contributed by atoms with Gasteiger partial charge in [-0.1, -0.05) is 0 Å². The third kappa shape index (κ3) is 4.09. The minimum Gasteiger partial charge on any atom is -0.512 e. The number of rotatable bonds is 3. The maximum Gasteiger partial charge on any atom is 0.249 e. The first-order valence-electron chi connectivity index (χ1n) is 5.92. The lowest BCUT2D eigenvalue weighted by atomic mass is 9.96. The van der Waals surface area contributed by atoms with Crippen LogP contribution in [0.25, 0.3) is 0 Å². The smallest absolute Gasteiger partial charge is 0.249 e. The van der Waals surface area contributed by atoms with E-state index in [2.05, 4.69) is 0 Å². The predicted molar refractivity (Wildman–Crippen MR) is 65.0 cm³/mol. The van der Waals surface area contributed by atoms with Gasteiger partial charge in [-0.05, 0) is 26.7 Å². The molecule has 1 amide bonds. The Hall–Kier alpha value is -1.52. The lowest BCUT2D eigenvalue weighted by Gasteiger charge is -2.31. The molecule has 1 saturated heterocycles. The number of piperidine rings is 1. The first-order chi connectivity index (χ1) is 8.04. The van der Waals surface area contributed by atoms with Gasteiger partial charge < -0.3 is 14.7 Å². The van der Waals surface area contributed by atoms with E-state index in [1.165, 1.54) is 13.0 Å². The zero-order chi connectivity index (χ0) is 12.8. The van der Waals surface area contributed by atoms with Crippen LogP contribution < -0.4 is 0 Å². The van der Waals surface area contributed by atoms with Gasteiger partial charge in [-0.2, -0.15) is 0 Å². The van der Waals surface area contributed by atoms with Crippen LogP contribution >= 0.6 is 0 Å². The van der Waals surface area contributed by atoms with E-state index in [1.54, 1.807) is 4.90 Å². The van der Waals surface area contributed by atoms with Crippen molar-refractivity contribution in [3.8, 4) is 0 Å². The minimum atomic E-state index is -0.161. The molecule has 0 aliphatic carbocycles. The van der Waals surface area contributed by atoms with Crippen molar-refractivity contribution in [3.05, 3.63) is 11.8 Å². The zero-order valence-electron chi connectivity index (χ0n) is 10.4. The van der Waals surface area contributed by atoms with Crippen LogP contribution in [0.4, 0.5) is 0 Å². The molecule has 5 heteroatoms. The number of hydrogen-bond acceptors (Lipinski definition) is 4. The molecule has 0 spiro atoms. The maximum absolute atomic E-state index is 11.6. The number of aliphatic hydroxyl groups excluding tert-OH is 1. The van der Waals surface area contributed by atoms with Crippen molar-refractivity contribution in [2.75, 3.05) is 19.7 Å². The Morgan fingerprint density at radius 2 is 2.12 bits per heavy atom. The van der Waals surface area contributed by atoms with Gasteiger partial charge in [0.15, 0.2) is 5.90 Å². The number of carbonyl (C=O) groups excluding carboxylic acids is 1. The molecule has 0 aromatic rings. The molecule has 0 aromatic heterocycles. The average molecular weight is 240 g/mol. The average Bonchev–Trinajstić information content (AvgIpc) is 2.28. The van der Waals surface area contributed by atoms with Crippen molar-refractivity contribution < 1.29 is 14.6 Å². The zero-order valence-corrected chi connectivity index (χ0v) is 10.4. The van der Waals surface area contributed by atoms with Crippen molar-refractivity contribution in [3.63, 3.8) is 0 Å². The van der Waals surface area contributed by atoms with Crippen LogP contribution in [0.15, 0.2) is 11.8 Å². The molecular weight excluding hydrogens is 220 g/mol. The molecule has 0 atom stereocenters. The SMILES string of the molecule is CCOC(=N)C1CCN(C(=O)C=C(C)O)CC1. The third-order valence-electron chi connectivity index (χ3n) is 2.81. The Morgan fingerprint density at radius 1 is 1.53 bits per heavy atom. The van der Waals surface area contributed by atoms with Crippen molar-refractivity contribution in [2.24, 2.45) is 5.92 Å². The molecule has 1 aliphatic rings. The van der Waals surface area contributed by atoms with Crippen molar-refractivity contribution in [1.29, 1.82) is 5.41 Å². The van der Waals surface area contributed by atoms with Crippen LogP contribution in [0.1, 0.15) is 26.7 Å². The van der Waals surface area contributed by atoms with Gasteiger partial charge in [0.1, 0.15) is 0 Å². The van der Waals surface area contributed by atoms with Gasteiger partial charge in [-0.25, -0.2) is 0 Å². The van der Waals surface area contributed by atoms with Crippen molar-refractivity contribution >= 4 is 11.8 Å². The molecule has 0 bridgehead atoms.